The zero-order valence-electron chi connectivity index (χ0n) is 8.99. The molecule has 1 nitrogen and oxygen atoms in total. The molecule has 2 aromatic rings. The Hall–Kier alpha value is -1.67. The Labute approximate surface area is 94.7 Å². The highest BCUT2D eigenvalue weighted by molar-refractivity contribution is 5.67. The highest BCUT2D eigenvalue weighted by Gasteiger charge is 2.02. The molecule has 0 saturated heterocycles. The molecule has 2 heteroatoms. The third kappa shape index (κ3) is 2.12. The van der Waals surface area contributed by atoms with E-state index in [0.29, 0.717) is 12.1 Å². The molecule has 0 atom stereocenters. The first-order valence-corrected chi connectivity index (χ1v) is 5.28. The van der Waals surface area contributed by atoms with Gasteiger partial charge in [-0.3, -0.25) is 0 Å². The Bertz CT molecular complexity index is 462. The lowest BCUT2D eigenvalue weighted by Gasteiger charge is -2.07. The summed E-state index contributed by atoms with van der Waals surface area (Å²) in [6.45, 7) is 0.0971. The average molecular weight is 215 g/mol. The van der Waals surface area contributed by atoms with Crippen LogP contribution in [0.3, 0.4) is 0 Å². The van der Waals surface area contributed by atoms with Crippen molar-refractivity contribution in [1.29, 1.82) is 0 Å². The lowest BCUT2D eigenvalue weighted by atomic mass is 9.99. The van der Waals surface area contributed by atoms with Crippen LogP contribution in [-0.4, -0.2) is 0 Å². The molecular weight excluding hydrogens is 201 g/mol. The molecular formula is C14H14FN. The Morgan fingerprint density at radius 1 is 0.938 bits per heavy atom. The van der Waals surface area contributed by atoms with Gasteiger partial charge in [0.1, 0.15) is 6.67 Å². The smallest absolute Gasteiger partial charge is 0.115 e. The van der Waals surface area contributed by atoms with Crippen LogP contribution in [-0.2, 0) is 13.2 Å². The lowest BCUT2D eigenvalue weighted by Crippen LogP contribution is -1.98. The Morgan fingerprint density at radius 3 is 2.25 bits per heavy atom. The molecule has 0 aromatic heterocycles. The summed E-state index contributed by atoms with van der Waals surface area (Å²) in [5, 5.41) is 0. The van der Waals surface area contributed by atoms with Gasteiger partial charge in [-0.2, -0.15) is 0 Å². The van der Waals surface area contributed by atoms with E-state index in [-0.39, 0.29) is 0 Å². The predicted molar refractivity (Wildman–Crippen MR) is 64.6 cm³/mol. The van der Waals surface area contributed by atoms with Crippen molar-refractivity contribution >= 4 is 0 Å². The average Bonchev–Trinajstić information content (AvgIpc) is 2.39. The summed E-state index contributed by atoms with van der Waals surface area (Å²) in [4.78, 5) is 0. The highest BCUT2D eigenvalue weighted by Crippen LogP contribution is 2.23. The maximum absolute atomic E-state index is 12.4. The Kier molecular flexibility index (Phi) is 3.32. The van der Waals surface area contributed by atoms with E-state index in [1.165, 1.54) is 0 Å². The van der Waals surface area contributed by atoms with E-state index >= 15 is 0 Å². The summed E-state index contributed by atoms with van der Waals surface area (Å²) in [5.41, 5.74) is 9.70. The molecule has 82 valence electrons. The highest BCUT2D eigenvalue weighted by atomic mass is 19.1. The van der Waals surface area contributed by atoms with Gasteiger partial charge in [0.05, 0.1) is 0 Å². The summed E-state index contributed by atoms with van der Waals surface area (Å²) >= 11 is 0. The van der Waals surface area contributed by atoms with Gasteiger partial charge in [0.15, 0.2) is 0 Å². The molecule has 0 saturated carbocycles. The number of halogens is 1. The summed E-state index contributed by atoms with van der Waals surface area (Å²) < 4.78 is 12.4. The molecule has 0 aliphatic carbocycles. The van der Waals surface area contributed by atoms with Crippen molar-refractivity contribution in [2.24, 2.45) is 5.73 Å². The largest absolute Gasteiger partial charge is 0.326 e. The van der Waals surface area contributed by atoms with Gasteiger partial charge in [0.2, 0.25) is 0 Å². The van der Waals surface area contributed by atoms with Gasteiger partial charge >= 0.3 is 0 Å². The summed E-state index contributed by atoms with van der Waals surface area (Å²) in [7, 11) is 0. The SMILES string of the molecule is NCc1ccccc1-c1ccc(CF)cc1. The van der Waals surface area contributed by atoms with Crippen LogP contribution in [0.15, 0.2) is 48.5 Å². The van der Waals surface area contributed by atoms with E-state index in [1.807, 2.05) is 48.5 Å². The minimum atomic E-state index is -0.418. The van der Waals surface area contributed by atoms with Crippen LogP contribution in [0.25, 0.3) is 11.1 Å². The maximum atomic E-state index is 12.4. The molecule has 0 amide bonds. The van der Waals surface area contributed by atoms with Crippen molar-refractivity contribution < 1.29 is 4.39 Å². The van der Waals surface area contributed by atoms with E-state index in [2.05, 4.69) is 0 Å². The quantitative estimate of drug-likeness (QED) is 0.835. The lowest BCUT2D eigenvalue weighted by molar-refractivity contribution is 0.485. The van der Waals surface area contributed by atoms with E-state index in [9.17, 15) is 4.39 Å². The molecule has 16 heavy (non-hydrogen) atoms. The van der Waals surface area contributed by atoms with Gasteiger partial charge in [-0.15, -0.1) is 0 Å². The topological polar surface area (TPSA) is 26.0 Å². The first-order valence-electron chi connectivity index (χ1n) is 5.28. The van der Waals surface area contributed by atoms with E-state index in [1.54, 1.807) is 0 Å². The van der Waals surface area contributed by atoms with Crippen LogP contribution in [0.4, 0.5) is 4.39 Å². The zero-order valence-corrected chi connectivity index (χ0v) is 8.99. The third-order valence-corrected chi connectivity index (χ3v) is 2.66. The summed E-state index contributed by atoms with van der Waals surface area (Å²) in [5.74, 6) is 0. The van der Waals surface area contributed by atoms with Crippen molar-refractivity contribution in [1.82, 2.24) is 0 Å². The molecule has 0 aliphatic heterocycles. The third-order valence-electron chi connectivity index (χ3n) is 2.66. The zero-order chi connectivity index (χ0) is 11.4. The summed E-state index contributed by atoms with van der Waals surface area (Å²) in [6.07, 6.45) is 0. The van der Waals surface area contributed by atoms with Crippen LogP contribution in [0.5, 0.6) is 0 Å². The van der Waals surface area contributed by atoms with Crippen LogP contribution >= 0.6 is 0 Å². The number of hydrogen-bond acceptors (Lipinski definition) is 1. The fourth-order valence-electron chi connectivity index (χ4n) is 1.75. The molecule has 0 radical (unpaired) electrons. The van der Waals surface area contributed by atoms with Gasteiger partial charge in [0.25, 0.3) is 0 Å². The minimum Gasteiger partial charge on any atom is -0.326 e. The van der Waals surface area contributed by atoms with E-state index < -0.39 is 6.67 Å². The van der Waals surface area contributed by atoms with Crippen molar-refractivity contribution in [2.75, 3.05) is 0 Å². The first kappa shape index (κ1) is 10.8. The van der Waals surface area contributed by atoms with E-state index in [4.69, 9.17) is 5.73 Å². The van der Waals surface area contributed by atoms with Crippen molar-refractivity contribution in [3.05, 3.63) is 59.7 Å². The molecule has 0 fully saturated rings. The second-order valence-electron chi connectivity index (χ2n) is 3.69. The van der Waals surface area contributed by atoms with E-state index in [0.717, 1.165) is 16.7 Å². The van der Waals surface area contributed by atoms with Crippen molar-refractivity contribution in [3.63, 3.8) is 0 Å². The predicted octanol–water partition coefficient (Wildman–Crippen LogP) is 3.28. The first-order chi connectivity index (χ1) is 7.85. The standard InChI is InChI=1S/C14H14FN/c15-9-11-5-7-12(8-6-11)14-4-2-1-3-13(14)10-16/h1-8H,9-10,16H2. The Balaban J connectivity index is 2.42. The normalized spacial score (nSPS) is 10.4. The van der Waals surface area contributed by atoms with Crippen molar-refractivity contribution in [3.8, 4) is 11.1 Å². The minimum absolute atomic E-state index is 0.418. The number of hydrogen-bond donors (Lipinski definition) is 1. The fourth-order valence-corrected chi connectivity index (χ4v) is 1.75. The van der Waals surface area contributed by atoms with Crippen LogP contribution in [0, 0.1) is 0 Å². The molecule has 0 bridgehead atoms. The maximum Gasteiger partial charge on any atom is 0.115 e. The van der Waals surface area contributed by atoms with Gasteiger partial charge in [-0.1, -0.05) is 48.5 Å². The molecule has 0 heterocycles. The number of rotatable bonds is 3. The van der Waals surface area contributed by atoms with Crippen molar-refractivity contribution in [2.45, 2.75) is 13.2 Å². The molecule has 2 rings (SSSR count). The van der Waals surface area contributed by atoms with Crippen LogP contribution in [0.1, 0.15) is 11.1 Å². The van der Waals surface area contributed by atoms with Gasteiger partial charge in [0, 0.05) is 6.54 Å². The monoisotopic (exact) mass is 215 g/mol. The number of benzene rings is 2. The van der Waals surface area contributed by atoms with Gasteiger partial charge < -0.3 is 5.73 Å². The number of alkyl halides is 1. The summed E-state index contributed by atoms with van der Waals surface area (Å²) in [6, 6.07) is 15.5. The Morgan fingerprint density at radius 2 is 1.62 bits per heavy atom. The van der Waals surface area contributed by atoms with Gasteiger partial charge in [-0.25, -0.2) is 4.39 Å². The van der Waals surface area contributed by atoms with Gasteiger partial charge in [-0.05, 0) is 22.3 Å². The van der Waals surface area contributed by atoms with Crippen LogP contribution in [0.2, 0.25) is 0 Å². The molecule has 0 unspecified atom stereocenters. The molecule has 2 aromatic carbocycles. The fraction of sp³-hybridized carbons (Fsp3) is 0.143. The molecule has 0 aliphatic rings. The second kappa shape index (κ2) is 4.90. The molecule has 2 N–H and O–H groups in total. The second-order valence-corrected chi connectivity index (χ2v) is 3.69. The van der Waals surface area contributed by atoms with Crippen LogP contribution < -0.4 is 5.73 Å². The molecule has 0 spiro atoms. The number of nitrogens with two attached hydrogens (primary N) is 1.